The van der Waals surface area contributed by atoms with Crippen LogP contribution in [0.15, 0.2) is 206 Å². The summed E-state index contributed by atoms with van der Waals surface area (Å²) in [6.45, 7) is 0. The van der Waals surface area contributed by atoms with Gasteiger partial charge in [0.2, 0.25) is 0 Å². The van der Waals surface area contributed by atoms with Crippen LogP contribution in [0.3, 0.4) is 0 Å². The fourth-order valence-corrected chi connectivity index (χ4v) is 15.7. The van der Waals surface area contributed by atoms with Crippen molar-refractivity contribution < 1.29 is 36.7 Å². The van der Waals surface area contributed by atoms with E-state index in [9.17, 15) is 17.3 Å². The van der Waals surface area contributed by atoms with Crippen molar-refractivity contribution >= 4 is 76.8 Å². The Morgan fingerprint density at radius 1 is 0.310 bits per heavy atom. The van der Waals surface area contributed by atoms with Crippen molar-refractivity contribution in [3.63, 3.8) is 0 Å². The Balaban J connectivity index is 0.000000131. The van der Waals surface area contributed by atoms with Gasteiger partial charge >= 0.3 is 7.25 Å². The van der Waals surface area contributed by atoms with E-state index in [1.165, 1.54) is 105 Å². The molecular formula is C63H50BF4P2Rh-. The van der Waals surface area contributed by atoms with Crippen LogP contribution in [0, 0.1) is 37.5 Å². The molecule has 10 aromatic rings. The Labute approximate surface area is 430 Å². The Morgan fingerprint density at radius 3 is 0.789 bits per heavy atom. The summed E-state index contributed by atoms with van der Waals surface area (Å²) >= 11 is 0. The molecule has 353 valence electrons. The van der Waals surface area contributed by atoms with Crippen molar-refractivity contribution in [1.29, 1.82) is 0 Å². The second-order valence-electron chi connectivity index (χ2n) is 18.5. The molecule has 71 heavy (non-hydrogen) atoms. The molecule has 5 radical (unpaired) electrons. The van der Waals surface area contributed by atoms with E-state index >= 15 is 0 Å². The molecule has 0 N–H and O–H groups in total. The molecule has 10 aromatic carbocycles. The van der Waals surface area contributed by atoms with Gasteiger partial charge in [-0.05, 0) is 167 Å². The van der Waals surface area contributed by atoms with Gasteiger partial charge in [0.15, 0.2) is 0 Å². The van der Waals surface area contributed by atoms with Crippen LogP contribution in [0.2, 0.25) is 0 Å². The van der Waals surface area contributed by atoms with E-state index in [4.69, 9.17) is 0 Å². The number of halogens is 4. The average Bonchev–Trinajstić information content (AvgIpc) is 3.96. The van der Waals surface area contributed by atoms with Crippen LogP contribution in [0.1, 0.15) is 28.7 Å². The summed E-state index contributed by atoms with van der Waals surface area (Å²) in [5, 5.41) is 13.9. The zero-order valence-electron chi connectivity index (χ0n) is 38.9. The van der Waals surface area contributed by atoms with Crippen molar-refractivity contribution in [2.24, 2.45) is 11.8 Å². The molecule has 0 aromatic heterocycles. The van der Waals surface area contributed by atoms with Crippen molar-refractivity contribution in [3.05, 3.63) is 254 Å². The van der Waals surface area contributed by atoms with Gasteiger partial charge in [-0.2, -0.15) is 0 Å². The van der Waals surface area contributed by atoms with E-state index in [2.05, 4.69) is 232 Å². The molecule has 0 saturated heterocycles. The van der Waals surface area contributed by atoms with Gasteiger partial charge in [0.25, 0.3) is 0 Å². The van der Waals surface area contributed by atoms with Crippen LogP contribution in [-0.2, 0) is 44.1 Å². The molecule has 0 amide bonds. The summed E-state index contributed by atoms with van der Waals surface area (Å²) in [6, 6.07) is 76.5. The molecule has 14 rings (SSSR count). The van der Waals surface area contributed by atoms with Crippen molar-refractivity contribution in [2.45, 2.75) is 31.1 Å². The van der Waals surface area contributed by atoms with Gasteiger partial charge in [0.1, 0.15) is 0 Å². The Hall–Kier alpha value is -5.49. The SMILES string of the molecule is F[B-](F)(F)F.[CH]1[CH]C2[CH][CH]C1C2.[Rh].c1ccc(P2Cc3ccc4ccccc4c3-c3c(ccc4ccccc34)C2)cc1.c1ccc(P2Cc3ccc4ccccc4c3-c3c(ccc4ccccc34)C2)cc1. The number of rotatable bonds is 2. The predicted molar refractivity (Wildman–Crippen MR) is 294 cm³/mol. The maximum absolute atomic E-state index is 9.75. The van der Waals surface area contributed by atoms with Crippen LogP contribution in [0.5, 0.6) is 0 Å². The standard InChI is InChI=1S/2C28H21P.C7H8.BF4.Rh/c2*1-2-10-24(11-3-1)29-18-22-16-14-20-8-4-6-12-25(20)27(22)28-23(19-29)17-15-21-9-5-7-13-26(21)28;1-2-7-4-3-6(1)5-7;2-1(3,4)5;/h2*1-17H,18-19H2;1-4,6-7H,5H2;;/q;;;-1;. The predicted octanol–water partition coefficient (Wildman–Crippen LogP) is 17.7. The van der Waals surface area contributed by atoms with Gasteiger partial charge in [0.05, 0.1) is 0 Å². The average molecular weight is 1060 g/mol. The smallest absolute Gasteiger partial charge is 0.418 e. The summed E-state index contributed by atoms with van der Waals surface area (Å²) < 4.78 is 39.0. The number of hydrogen-bond donors (Lipinski definition) is 0. The van der Waals surface area contributed by atoms with Crippen LogP contribution in [0.4, 0.5) is 17.3 Å². The quantitative estimate of drug-likeness (QED) is 0.0919. The van der Waals surface area contributed by atoms with Gasteiger partial charge in [-0.3, -0.25) is 0 Å². The zero-order valence-corrected chi connectivity index (χ0v) is 42.4. The second kappa shape index (κ2) is 21.7. The summed E-state index contributed by atoms with van der Waals surface area (Å²) in [7, 11) is -6.55. The van der Waals surface area contributed by atoms with Gasteiger partial charge in [-0.25, -0.2) is 0 Å². The maximum Gasteiger partial charge on any atom is 0.673 e. The van der Waals surface area contributed by atoms with Crippen LogP contribution in [-0.4, -0.2) is 7.25 Å². The van der Waals surface area contributed by atoms with E-state index in [0.29, 0.717) is 0 Å². The largest absolute Gasteiger partial charge is 0.673 e. The van der Waals surface area contributed by atoms with E-state index in [1.54, 1.807) is 0 Å². The first-order valence-corrected chi connectivity index (χ1v) is 27.5. The van der Waals surface area contributed by atoms with E-state index in [1.807, 2.05) is 0 Å². The molecule has 2 fully saturated rings. The Bertz CT molecular complexity index is 3060. The summed E-state index contributed by atoms with van der Waals surface area (Å²) in [4.78, 5) is 0. The molecule has 8 heteroatoms. The topological polar surface area (TPSA) is 0 Å². The van der Waals surface area contributed by atoms with E-state index in [0.717, 1.165) is 36.5 Å². The normalized spacial score (nSPS) is 16.8. The first kappa shape index (κ1) is 49.1. The molecule has 2 saturated carbocycles. The van der Waals surface area contributed by atoms with E-state index in [-0.39, 0.29) is 35.3 Å². The van der Waals surface area contributed by atoms with E-state index < -0.39 is 7.25 Å². The minimum absolute atomic E-state index is 0. The first-order chi connectivity index (χ1) is 34.2. The molecule has 0 nitrogen and oxygen atoms in total. The maximum atomic E-state index is 9.75. The third-order valence-electron chi connectivity index (χ3n) is 14.0. The Morgan fingerprint density at radius 2 is 0.549 bits per heavy atom. The van der Waals surface area contributed by atoms with Crippen molar-refractivity contribution in [1.82, 2.24) is 0 Å². The molecular weight excluding hydrogens is 1010 g/mol. The molecule has 4 aliphatic rings. The molecule has 0 spiro atoms. The zero-order chi connectivity index (χ0) is 47.6. The second-order valence-corrected chi connectivity index (χ2v) is 23.0. The molecule has 0 unspecified atom stereocenters. The molecule has 2 aliphatic heterocycles. The van der Waals surface area contributed by atoms with Gasteiger partial charge in [-0.1, -0.05) is 222 Å². The fraction of sp³-hybridized carbons (Fsp3) is 0.111. The molecule has 2 bridgehead atoms. The molecule has 0 atom stereocenters. The van der Waals surface area contributed by atoms with Crippen molar-refractivity contribution in [3.8, 4) is 22.3 Å². The van der Waals surface area contributed by atoms with Crippen LogP contribution in [0.25, 0.3) is 65.3 Å². The molecule has 2 aliphatic carbocycles. The molecule has 2 heterocycles. The summed E-state index contributed by atoms with van der Waals surface area (Å²) in [5.74, 6) is 1.62. The minimum Gasteiger partial charge on any atom is -0.418 e. The third-order valence-corrected chi connectivity index (χ3v) is 19.0. The van der Waals surface area contributed by atoms with Crippen molar-refractivity contribution in [2.75, 3.05) is 0 Å². The fourth-order valence-electron chi connectivity index (χ4n) is 10.9. The number of hydrogen-bond acceptors (Lipinski definition) is 0. The van der Waals surface area contributed by atoms with Crippen LogP contribution >= 0.6 is 15.8 Å². The van der Waals surface area contributed by atoms with Gasteiger partial charge in [-0.15, -0.1) is 0 Å². The summed E-state index contributed by atoms with van der Waals surface area (Å²) in [6.07, 6.45) is 15.1. The monoisotopic (exact) mass is 1060 g/mol. The van der Waals surface area contributed by atoms with Gasteiger partial charge in [0, 0.05) is 19.5 Å². The van der Waals surface area contributed by atoms with Crippen LogP contribution < -0.4 is 10.6 Å². The minimum atomic E-state index is -6.00. The van der Waals surface area contributed by atoms with Gasteiger partial charge < -0.3 is 17.3 Å². The number of benzene rings is 10. The number of fused-ring (bicyclic) bond motifs is 16. The summed E-state index contributed by atoms with van der Waals surface area (Å²) in [5.41, 5.74) is 11.8. The first-order valence-electron chi connectivity index (χ1n) is 24.1. The Kier molecular flexibility index (Phi) is 15.0. The third kappa shape index (κ3) is 10.8.